The van der Waals surface area contributed by atoms with Gasteiger partial charge in [0.1, 0.15) is 0 Å². The van der Waals surface area contributed by atoms with Crippen LogP contribution in [0.25, 0.3) is 17.8 Å². The number of aromatic carboxylic acids is 1. The Morgan fingerprint density at radius 3 is 2.88 bits per heavy atom. The van der Waals surface area contributed by atoms with Crippen molar-refractivity contribution in [2.45, 2.75) is 6.92 Å². The Balaban J connectivity index is 1.83. The van der Waals surface area contributed by atoms with E-state index in [1.54, 1.807) is 24.4 Å². The van der Waals surface area contributed by atoms with Gasteiger partial charge in [0.15, 0.2) is 0 Å². The maximum Gasteiger partial charge on any atom is 0.335 e. The van der Waals surface area contributed by atoms with Crippen molar-refractivity contribution in [3.63, 3.8) is 0 Å². The van der Waals surface area contributed by atoms with Gasteiger partial charge in [-0.05, 0) is 48.6 Å². The van der Waals surface area contributed by atoms with Gasteiger partial charge >= 0.3 is 5.97 Å². The smallest absolute Gasteiger partial charge is 0.335 e. The Kier molecular flexibility index (Phi) is 3.65. The number of nitrogens with zero attached hydrogens (tertiary/aromatic N) is 2. The number of fused-ring (bicyclic) bond motifs is 1. The average Bonchev–Trinajstić information content (AvgIpc) is 3.21. The van der Waals surface area contributed by atoms with E-state index in [9.17, 15) is 9.59 Å². The van der Waals surface area contributed by atoms with Gasteiger partial charge in [0.25, 0.3) is 5.56 Å². The van der Waals surface area contributed by atoms with Crippen LogP contribution in [0.4, 0.5) is 5.69 Å². The molecule has 0 radical (unpaired) electrons. The highest BCUT2D eigenvalue weighted by Crippen LogP contribution is 2.11. The third-order valence-electron chi connectivity index (χ3n) is 4.30. The summed E-state index contributed by atoms with van der Waals surface area (Å²) in [7, 11) is 0. The molecular weight excluding hydrogens is 330 g/mol. The summed E-state index contributed by atoms with van der Waals surface area (Å²) in [5.41, 5.74) is 2.47. The summed E-state index contributed by atoms with van der Waals surface area (Å²) in [4.78, 5) is 28.3. The second kappa shape index (κ2) is 6.00. The number of carboxylic acid groups (broad SMARTS) is 1. The molecule has 2 aromatic carbocycles. The van der Waals surface area contributed by atoms with Crippen LogP contribution in [-0.4, -0.2) is 27.1 Å². The van der Waals surface area contributed by atoms with Crippen molar-refractivity contribution in [3.05, 3.63) is 80.1 Å². The number of aliphatic imine (C=N–C) groups is 1. The Hall–Kier alpha value is -3.67. The van der Waals surface area contributed by atoms with Crippen LogP contribution in [0.5, 0.6) is 0 Å². The molecule has 0 bridgehead atoms. The average molecular weight is 345 g/mol. The van der Waals surface area contributed by atoms with E-state index >= 15 is 0 Å². The number of aromatic amines is 1. The summed E-state index contributed by atoms with van der Waals surface area (Å²) in [6.45, 7) is 1.81. The first-order chi connectivity index (χ1) is 12.5. The zero-order chi connectivity index (χ0) is 18.3. The van der Waals surface area contributed by atoms with Crippen LogP contribution in [0.2, 0.25) is 0 Å². The molecule has 0 fully saturated rings. The van der Waals surface area contributed by atoms with Crippen molar-refractivity contribution in [1.82, 2.24) is 9.78 Å². The monoisotopic (exact) mass is 345 g/mol. The van der Waals surface area contributed by atoms with Gasteiger partial charge in [-0.15, -0.1) is 0 Å². The van der Waals surface area contributed by atoms with Crippen molar-refractivity contribution in [2.24, 2.45) is 4.99 Å². The molecule has 2 N–H and O–H groups in total. The van der Waals surface area contributed by atoms with Gasteiger partial charge in [0.05, 0.1) is 22.5 Å². The molecule has 128 valence electrons. The third kappa shape index (κ3) is 2.67. The van der Waals surface area contributed by atoms with E-state index < -0.39 is 5.97 Å². The van der Waals surface area contributed by atoms with Gasteiger partial charge < -0.3 is 5.11 Å². The highest BCUT2D eigenvalue weighted by atomic mass is 16.4. The minimum atomic E-state index is -1.04. The first-order valence-corrected chi connectivity index (χ1v) is 8.04. The molecule has 26 heavy (non-hydrogen) atoms. The van der Waals surface area contributed by atoms with E-state index in [0.29, 0.717) is 16.9 Å². The largest absolute Gasteiger partial charge is 0.478 e. The lowest BCUT2D eigenvalue weighted by atomic mass is 10.1. The first-order valence-electron chi connectivity index (χ1n) is 8.04. The number of H-pyrrole nitrogens is 1. The van der Waals surface area contributed by atoms with Crippen LogP contribution in [-0.2, 0) is 0 Å². The summed E-state index contributed by atoms with van der Waals surface area (Å²) in [5.74, 6) is -1.04. The van der Waals surface area contributed by atoms with Crippen LogP contribution < -0.4 is 16.0 Å². The van der Waals surface area contributed by atoms with E-state index in [-0.39, 0.29) is 11.1 Å². The summed E-state index contributed by atoms with van der Waals surface area (Å²) in [6, 6.07) is 12.1. The van der Waals surface area contributed by atoms with Crippen molar-refractivity contribution in [1.29, 1.82) is 0 Å². The van der Waals surface area contributed by atoms with Crippen molar-refractivity contribution in [2.75, 3.05) is 0 Å². The predicted octanol–water partition coefficient (Wildman–Crippen LogP) is 1.50. The van der Waals surface area contributed by atoms with Crippen LogP contribution in [0.15, 0.2) is 52.3 Å². The second-order valence-corrected chi connectivity index (χ2v) is 6.05. The van der Waals surface area contributed by atoms with Crippen molar-refractivity contribution >= 4 is 30.0 Å². The van der Waals surface area contributed by atoms with Gasteiger partial charge in [0, 0.05) is 17.1 Å². The Morgan fingerprint density at radius 1 is 1.23 bits per heavy atom. The molecule has 0 aliphatic carbocycles. The number of benzene rings is 2. The maximum absolute atomic E-state index is 12.8. The molecular formula is C20H15N3O3. The fraction of sp³-hybridized carbons (Fsp3) is 0.0500. The number of aromatic nitrogens is 2. The lowest BCUT2D eigenvalue weighted by Gasteiger charge is -2.02. The Labute approximate surface area is 148 Å². The fourth-order valence-electron chi connectivity index (χ4n) is 2.96. The zero-order valence-electron chi connectivity index (χ0n) is 13.9. The number of nitrogens with one attached hydrogen (secondary N) is 1. The second-order valence-electron chi connectivity index (χ2n) is 6.05. The zero-order valence-corrected chi connectivity index (χ0v) is 13.9. The van der Waals surface area contributed by atoms with Crippen LogP contribution in [0.3, 0.4) is 0 Å². The van der Waals surface area contributed by atoms with Gasteiger partial charge in [-0.25, -0.2) is 9.48 Å². The van der Waals surface area contributed by atoms with E-state index in [1.165, 1.54) is 16.8 Å². The van der Waals surface area contributed by atoms with E-state index in [0.717, 1.165) is 16.1 Å². The van der Waals surface area contributed by atoms with Crippen LogP contribution >= 0.6 is 0 Å². The lowest BCUT2D eigenvalue weighted by molar-refractivity contribution is 0.0697. The summed E-state index contributed by atoms with van der Waals surface area (Å²) >= 11 is 0. The molecule has 1 aliphatic rings. The van der Waals surface area contributed by atoms with E-state index in [4.69, 9.17) is 5.11 Å². The standard InChI is InChI=1S/C20H15N3O3/c1-12-17(9-13-5-6-14-7-8-21-18(14)10-13)19(24)23(22-12)16-4-2-3-15(11-16)20(25)26/h2-11,22H,1H3,(H,25,26). The molecule has 1 aliphatic heterocycles. The maximum atomic E-state index is 12.8. The highest BCUT2D eigenvalue weighted by molar-refractivity contribution is 5.96. The molecule has 1 aromatic heterocycles. The number of carboxylic acids is 1. The fourth-order valence-corrected chi connectivity index (χ4v) is 2.96. The molecule has 0 saturated carbocycles. The molecule has 0 amide bonds. The molecule has 2 heterocycles. The van der Waals surface area contributed by atoms with E-state index in [1.807, 2.05) is 31.2 Å². The Morgan fingerprint density at radius 2 is 2.08 bits per heavy atom. The number of hydrogen-bond acceptors (Lipinski definition) is 3. The highest BCUT2D eigenvalue weighted by Gasteiger charge is 2.12. The van der Waals surface area contributed by atoms with Crippen molar-refractivity contribution < 1.29 is 9.90 Å². The number of aryl methyl sites for hydroxylation is 1. The molecule has 0 unspecified atom stereocenters. The van der Waals surface area contributed by atoms with Crippen LogP contribution in [0, 0.1) is 6.92 Å². The topological polar surface area (TPSA) is 87.5 Å². The minimum absolute atomic E-state index is 0.125. The third-order valence-corrected chi connectivity index (χ3v) is 4.30. The number of rotatable bonds is 3. The number of hydrogen-bond donors (Lipinski definition) is 2. The van der Waals surface area contributed by atoms with Gasteiger partial charge in [-0.1, -0.05) is 18.2 Å². The molecule has 0 spiro atoms. The molecule has 6 nitrogen and oxygen atoms in total. The van der Waals surface area contributed by atoms with Gasteiger partial charge in [0.2, 0.25) is 0 Å². The number of carbonyl (C=O) groups is 1. The van der Waals surface area contributed by atoms with Gasteiger partial charge in [-0.2, -0.15) is 0 Å². The van der Waals surface area contributed by atoms with Crippen molar-refractivity contribution in [3.8, 4) is 5.69 Å². The van der Waals surface area contributed by atoms with E-state index in [2.05, 4.69) is 10.1 Å². The minimum Gasteiger partial charge on any atom is -0.478 e. The molecule has 3 aromatic rings. The SMILES string of the molecule is Cc1[nH]n(-c2cccc(C(=O)O)c2)c(=O)c1C=c1ccc2c(c1)N=CC=2. The summed E-state index contributed by atoms with van der Waals surface area (Å²) < 4.78 is 1.35. The first kappa shape index (κ1) is 15.8. The lowest BCUT2D eigenvalue weighted by Crippen LogP contribution is -2.17. The normalized spacial score (nSPS) is 12.9. The molecule has 0 saturated heterocycles. The molecule has 0 atom stereocenters. The molecule has 6 heteroatoms. The predicted molar refractivity (Wildman–Crippen MR) is 100.0 cm³/mol. The Bertz CT molecular complexity index is 1250. The van der Waals surface area contributed by atoms with Gasteiger partial charge in [-0.3, -0.25) is 14.9 Å². The molecule has 4 rings (SSSR count). The van der Waals surface area contributed by atoms with Crippen LogP contribution in [0.1, 0.15) is 21.6 Å². The summed E-state index contributed by atoms with van der Waals surface area (Å²) in [5, 5.41) is 14.1. The quantitative estimate of drug-likeness (QED) is 0.754. The summed E-state index contributed by atoms with van der Waals surface area (Å²) in [6.07, 6.45) is 5.49.